The summed E-state index contributed by atoms with van der Waals surface area (Å²) in [6, 6.07) is 9.35. The van der Waals surface area contributed by atoms with E-state index in [0.717, 1.165) is 52.5 Å². The molecule has 8 nitrogen and oxygen atoms in total. The monoisotopic (exact) mass is 574 g/mol. The molecule has 40 heavy (non-hydrogen) atoms. The van der Waals surface area contributed by atoms with E-state index in [4.69, 9.17) is 14.7 Å². The second-order valence-corrected chi connectivity index (χ2v) is 11.1. The van der Waals surface area contributed by atoms with Crippen LogP contribution in [0.5, 0.6) is 5.75 Å². The van der Waals surface area contributed by atoms with Crippen LogP contribution in [0.15, 0.2) is 34.7 Å². The number of aryl methyl sites for hydroxylation is 2. The number of carbonyl (C=O) groups excluding carboxylic acids is 2. The lowest BCUT2D eigenvalue weighted by molar-refractivity contribution is -0.144. The number of aromatic hydroxyl groups is 1. The van der Waals surface area contributed by atoms with Crippen LogP contribution in [0, 0.1) is 13.8 Å². The van der Waals surface area contributed by atoms with Crippen LogP contribution in [-0.2, 0) is 25.5 Å². The molecule has 222 valence electrons. The predicted molar refractivity (Wildman–Crippen MR) is 165 cm³/mol. The lowest BCUT2D eigenvalue weighted by atomic mass is 9.91. The van der Waals surface area contributed by atoms with Crippen LogP contribution < -0.4 is 16.1 Å². The van der Waals surface area contributed by atoms with E-state index in [1.54, 1.807) is 27.0 Å². The van der Waals surface area contributed by atoms with Gasteiger partial charge in [-0.05, 0) is 93.0 Å². The Hall–Kier alpha value is -2.77. The van der Waals surface area contributed by atoms with Crippen molar-refractivity contribution in [2.75, 3.05) is 20.3 Å². The van der Waals surface area contributed by atoms with Crippen molar-refractivity contribution in [1.82, 2.24) is 5.09 Å². The summed E-state index contributed by atoms with van der Waals surface area (Å²) in [6.07, 6.45) is 2.28. The van der Waals surface area contributed by atoms with Gasteiger partial charge in [0.25, 0.3) is 0 Å². The first-order chi connectivity index (χ1) is 18.9. The molecule has 3 aromatic rings. The lowest BCUT2D eigenvalue weighted by Gasteiger charge is -2.16. The first kappa shape index (κ1) is 35.3. The number of phenols is 1. The van der Waals surface area contributed by atoms with Gasteiger partial charge in [0.2, 0.25) is 0 Å². The topological polar surface area (TPSA) is 124 Å². The third kappa shape index (κ3) is 10.3. The number of hydrogen-bond donors (Lipinski definition) is 3. The van der Waals surface area contributed by atoms with Gasteiger partial charge in [-0.25, -0.2) is 0 Å². The summed E-state index contributed by atoms with van der Waals surface area (Å²) in [5.74, 6) is 0.267. The number of hydrogen-bond acceptors (Lipinski definition) is 8. The minimum Gasteiger partial charge on any atom is -0.508 e. The van der Waals surface area contributed by atoms with Crippen molar-refractivity contribution < 1.29 is 28.6 Å². The summed E-state index contributed by atoms with van der Waals surface area (Å²) >= 11 is 0. The molecule has 0 aliphatic carbocycles. The average molecular weight is 575 g/mol. The van der Waals surface area contributed by atoms with E-state index >= 15 is 0 Å². The molecule has 0 bridgehead atoms. The number of rotatable bonds is 10. The number of fused-ring (bicyclic) bond motifs is 1. The number of benzene rings is 2. The minimum atomic E-state index is -1.35. The van der Waals surface area contributed by atoms with E-state index < -0.39 is 14.3 Å². The van der Waals surface area contributed by atoms with Gasteiger partial charge in [-0.15, -0.1) is 0 Å². The number of nitrogens with two attached hydrogens (primary N) is 1. The molecular weight excluding hydrogens is 527 g/mol. The zero-order chi connectivity index (χ0) is 30.4. The average Bonchev–Trinajstić information content (AvgIpc) is 3.36. The van der Waals surface area contributed by atoms with Gasteiger partial charge in [0.1, 0.15) is 31.9 Å². The predicted octanol–water partition coefficient (Wildman–Crippen LogP) is 6.15. The van der Waals surface area contributed by atoms with Gasteiger partial charge < -0.3 is 23.8 Å². The fraction of sp³-hybridized carbons (Fsp3) is 0.484. The molecule has 0 fully saturated rings. The summed E-state index contributed by atoms with van der Waals surface area (Å²) in [4.78, 5) is 21.1. The summed E-state index contributed by atoms with van der Waals surface area (Å²) in [5.41, 5.74) is 13.4. The maximum Gasteiger partial charge on any atom is 0.323 e. The van der Waals surface area contributed by atoms with Crippen molar-refractivity contribution in [2.45, 2.75) is 80.2 Å². The zero-order valence-corrected chi connectivity index (χ0v) is 26.4. The highest BCUT2D eigenvalue weighted by atomic mass is 31.1. The summed E-state index contributed by atoms with van der Waals surface area (Å²) in [5, 5.41) is 14.3. The maximum atomic E-state index is 11.9. The molecule has 4 N–H and O–H groups in total. The standard InChI is InChI=1S/C25H33N2O4P.C3H8O.C3H6O/c1-7-30-25(29)17(6)27-32(26)24-13-21-16(5)20(15(4)10-23(21)31-24)12-18-8-9-22(28)19(11-18)14(2)3;1-3-4-2;1-2-3-4/h8-11,13-14,17,27-28H,7,12,26H2,1-6H3;3H2,1-2H3;3H,2H2,1H3/t17-,32?;;/m0../s1. The second kappa shape index (κ2) is 17.8. The van der Waals surface area contributed by atoms with Gasteiger partial charge in [-0.1, -0.05) is 32.9 Å². The summed E-state index contributed by atoms with van der Waals surface area (Å²) in [7, 11) is 0.335. The third-order valence-corrected chi connectivity index (χ3v) is 7.55. The van der Waals surface area contributed by atoms with Gasteiger partial charge >= 0.3 is 5.97 Å². The second-order valence-electron chi connectivity index (χ2n) is 9.64. The van der Waals surface area contributed by atoms with E-state index in [1.807, 2.05) is 32.0 Å². The van der Waals surface area contributed by atoms with Crippen LogP contribution in [0.1, 0.15) is 81.7 Å². The smallest absolute Gasteiger partial charge is 0.323 e. The summed E-state index contributed by atoms with van der Waals surface area (Å²) in [6.45, 7) is 16.8. The van der Waals surface area contributed by atoms with Crippen LogP contribution in [0.4, 0.5) is 0 Å². The Morgan fingerprint density at radius 2 is 1.75 bits per heavy atom. The third-order valence-electron chi connectivity index (χ3n) is 6.19. The number of esters is 1. The van der Waals surface area contributed by atoms with Crippen molar-refractivity contribution in [1.29, 1.82) is 0 Å². The van der Waals surface area contributed by atoms with Crippen molar-refractivity contribution in [3.05, 3.63) is 58.1 Å². The molecule has 9 heteroatoms. The molecule has 0 aliphatic rings. The Kier molecular flexibility index (Phi) is 15.7. The molecule has 1 unspecified atom stereocenters. The molecule has 0 spiro atoms. The SMILES string of the molecule is CCC=O.CCOC.CCOC(=O)[C@H](C)NP(N)c1cc2c(C)c(Cc3ccc(O)c(C(C)C)c3)c(C)cc2o1. The number of nitrogens with one attached hydrogen (secondary N) is 1. The van der Waals surface area contributed by atoms with Crippen LogP contribution in [0.3, 0.4) is 0 Å². The van der Waals surface area contributed by atoms with Crippen molar-refractivity contribution >= 4 is 36.9 Å². The number of aldehydes is 1. The molecule has 0 radical (unpaired) electrons. The van der Waals surface area contributed by atoms with Gasteiger partial charge in [-0.3, -0.25) is 15.4 Å². The molecule has 0 saturated heterocycles. The number of phenolic OH excluding ortho intramolecular Hbond substituents is 1. The van der Waals surface area contributed by atoms with Gasteiger partial charge in [0.05, 0.1) is 6.61 Å². The lowest BCUT2D eigenvalue weighted by Crippen LogP contribution is -2.35. The highest BCUT2D eigenvalue weighted by Gasteiger charge is 2.22. The van der Waals surface area contributed by atoms with Crippen molar-refractivity contribution in [3.63, 3.8) is 0 Å². The highest BCUT2D eigenvalue weighted by Crippen LogP contribution is 2.33. The fourth-order valence-corrected chi connectivity index (χ4v) is 5.01. The van der Waals surface area contributed by atoms with Gasteiger partial charge in [-0.2, -0.15) is 0 Å². The van der Waals surface area contributed by atoms with E-state index in [2.05, 4.69) is 43.6 Å². The first-order valence-electron chi connectivity index (χ1n) is 13.7. The minimum absolute atomic E-state index is 0.254. The number of carbonyl (C=O) groups is 2. The Morgan fingerprint density at radius 1 is 1.12 bits per heavy atom. The number of furan rings is 1. The quantitative estimate of drug-likeness (QED) is 0.150. The Morgan fingerprint density at radius 3 is 2.27 bits per heavy atom. The first-order valence-corrected chi connectivity index (χ1v) is 15.1. The molecule has 1 aromatic heterocycles. The van der Waals surface area contributed by atoms with Crippen LogP contribution in [0.25, 0.3) is 11.0 Å². The van der Waals surface area contributed by atoms with Gasteiger partial charge in [0.15, 0.2) is 5.50 Å². The molecule has 0 aliphatic heterocycles. The molecular formula is C31H47N2O6P. The molecule has 2 aromatic carbocycles. The van der Waals surface area contributed by atoms with E-state index in [-0.39, 0.29) is 11.9 Å². The Bertz CT molecular complexity index is 1220. The molecule has 2 atom stereocenters. The summed E-state index contributed by atoms with van der Waals surface area (Å²) < 4.78 is 15.6. The largest absolute Gasteiger partial charge is 0.508 e. The highest BCUT2D eigenvalue weighted by molar-refractivity contribution is 7.60. The van der Waals surface area contributed by atoms with Crippen LogP contribution in [0.2, 0.25) is 0 Å². The van der Waals surface area contributed by atoms with Crippen molar-refractivity contribution in [3.8, 4) is 5.75 Å². The van der Waals surface area contributed by atoms with E-state index in [9.17, 15) is 14.7 Å². The maximum absolute atomic E-state index is 11.9. The van der Waals surface area contributed by atoms with E-state index in [1.165, 1.54) is 5.56 Å². The van der Waals surface area contributed by atoms with Crippen molar-refractivity contribution in [2.24, 2.45) is 5.50 Å². The van der Waals surface area contributed by atoms with Crippen LogP contribution >= 0.6 is 8.22 Å². The Balaban J connectivity index is 0.000000883. The number of ether oxygens (including phenoxy) is 2. The Labute approximate surface area is 240 Å². The number of methoxy groups -OCH3 is 1. The molecule has 0 amide bonds. The van der Waals surface area contributed by atoms with Gasteiger partial charge in [0, 0.05) is 25.5 Å². The normalized spacial score (nSPS) is 12.2. The fourth-order valence-electron chi connectivity index (χ4n) is 3.90. The molecule has 1 heterocycles. The van der Waals surface area contributed by atoms with Crippen LogP contribution in [-0.4, -0.2) is 43.7 Å². The van der Waals surface area contributed by atoms with E-state index in [0.29, 0.717) is 24.3 Å². The molecule has 3 rings (SSSR count). The molecule has 0 saturated carbocycles. The zero-order valence-electron chi connectivity index (χ0n) is 25.5.